The Labute approximate surface area is 153 Å². The van der Waals surface area contributed by atoms with Gasteiger partial charge in [0.05, 0.1) is 12.2 Å². The monoisotopic (exact) mass is 361 g/mol. The van der Waals surface area contributed by atoms with Gasteiger partial charge in [0, 0.05) is 23.1 Å². The van der Waals surface area contributed by atoms with E-state index < -0.39 is 0 Å². The first-order valence-corrected chi connectivity index (χ1v) is 9.36. The second kappa shape index (κ2) is 8.05. The summed E-state index contributed by atoms with van der Waals surface area (Å²) in [5, 5.41) is 3.33. The quantitative estimate of drug-likeness (QED) is 0.811. The van der Waals surface area contributed by atoms with E-state index in [1.807, 2.05) is 18.2 Å². The number of hydrogen-bond acceptors (Lipinski definition) is 3. The summed E-state index contributed by atoms with van der Waals surface area (Å²) in [6.45, 7) is 2.21. The average molecular weight is 362 g/mol. The number of rotatable bonds is 4. The molecule has 1 heterocycles. The molecule has 1 aromatic carbocycles. The summed E-state index contributed by atoms with van der Waals surface area (Å²) >= 11 is 6.32. The van der Waals surface area contributed by atoms with E-state index >= 15 is 0 Å². The molecule has 1 aliphatic heterocycles. The number of amides is 1. The molecule has 25 heavy (non-hydrogen) atoms. The number of carbonyl (C=O) groups excluding carboxylic acids is 2. The number of nitrogens with one attached hydrogen (secondary N) is 1. The van der Waals surface area contributed by atoms with Crippen LogP contribution >= 0.6 is 11.6 Å². The third kappa shape index (κ3) is 4.24. The van der Waals surface area contributed by atoms with Gasteiger partial charge in [-0.3, -0.25) is 4.79 Å². The number of allylic oxidation sites excluding steroid dienone is 1. The van der Waals surface area contributed by atoms with Crippen LogP contribution in [0.15, 0.2) is 35.5 Å². The van der Waals surface area contributed by atoms with Crippen LogP contribution in [0.5, 0.6) is 0 Å². The van der Waals surface area contributed by atoms with Gasteiger partial charge in [-0.25, -0.2) is 4.79 Å². The molecule has 3 rings (SSSR count). The summed E-state index contributed by atoms with van der Waals surface area (Å²) < 4.78 is 5.63. The van der Waals surface area contributed by atoms with Crippen molar-refractivity contribution >= 4 is 23.5 Å². The Kier molecular flexibility index (Phi) is 5.79. The Morgan fingerprint density at radius 2 is 1.96 bits per heavy atom. The van der Waals surface area contributed by atoms with Crippen LogP contribution in [0.3, 0.4) is 0 Å². The van der Waals surface area contributed by atoms with Gasteiger partial charge < -0.3 is 10.1 Å². The Morgan fingerprint density at radius 3 is 2.68 bits per heavy atom. The number of ether oxygens (including phenoxy) is 1. The standard InChI is InChI=1S/C20H24ClNO3/c1-13-19(20(24)25-12-14-7-3-2-4-8-14)16(11-18(23)22-13)15-9-5-6-10-17(15)21/h5-6,9-10,14,16H,2-4,7-8,11-12H2,1H3,(H,22,23)/t16-/m1/s1. The molecule has 1 saturated carbocycles. The van der Waals surface area contributed by atoms with E-state index in [1.165, 1.54) is 19.3 Å². The molecule has 1 amide bonds. The van der Waals surface area contributed by atoms with Crippen molar-refractivity contribution in [1.29, 1.82) is 0 Å². The van der Waals surface area contributed by atoms with Gasteiger partial charge in [-0.2, -0.15) is 0 Å². The molecule has 0 bridgehead atoms. The zero-order valence-electron chi connectivity index (χ0n) is 14.5. The van der Waals surface area contributed by atoms with Gasteiger partial charge in [0.2, 0.25) is 5.91 Å². The predicted octanol–water partition coefficient (Wildman–Crippen LogP) is 4.34. The molecule has 0 aromatic heterocycles. The molecule has 0 unspecified atom stereocenters. The Balaban J connectivity index is 1.79. The fourth-order valence-corrected chi connectivity index (χ4v) is 4.09. The number of hydrogen-bond donors (Lipinski definition) is 1. The van der Waals surface area contributed by atoms with Gasteiger partial charge in [0.1, 0.15) is 0 Å². The summed E-state index contributed by atoms with van der Waals surface area (Å²) in [4.78, 5) is 24.8. The number of halogens is 1. The first-order chi connectivity index (χ1) is 12.1. The second-order valence-corrected chi connectivity index (χ2v) is 7.37. The van der Waals surface area contributed by atoms with E-state index in [0.29, 0.717) is 28.8 Å². The average Bonchev–Trinajstić information content (AvgIpc) is 2.60. The lowest BCUT2D eigenvalue weighted by Gasteiger charge is -2.28. The molecule has 134 valence electrons. The topological polar surface area (TPSA) is 55.4 Å². The number of benzene rings is 1. The molecule has 2 aliphatic rings. The Hall–Kier alpha value is -1.81. The van der Waals surface area contributed by atoms with Crippen molar-refractivity contribution in [3.05, 3.63) is 46.1 Å². The van der Waals surface area contributed by atoms with Gasteiger partial charge in [-0.15, -0.1) is 0 Å². The van der Waals surface area contributed by atoms with Crippen LogP contribution < -0.4 is 5.32 Å². The van der Waals surface area contributed by atoms with Gasteiger partial charge in [0.15, 0.2) is 0 Å². The highest BCUT2D eigenvalue weighted by Crippen LogP contribution is 2.37. The molecule has 1 aromatic rings. The maximum Gasteiger partial charge on any atom is 0.336 e. The third-order valence-electron chi connectivity index (χ3n) is 5.14. The van der Waals surface area contributed by atoms with Gasteiger partial charge >= 0.3 is 5.97 Å². The fourth-order valence-electron chi connectivity index (χ4n) is 3.82. The van der Waals surface area contributed by atoms with E-state index in [2.05, 4.69) is 5.32 Å². The van der Waals surface area contributed by atoms with E-state index in [1.54, 1.807) is 13.0 Å². The van der Waals surface area contributed by atoms with Gasteiger partial charge in [0.25, 0.3) is 0 Å². The smallest absolute Gasteiger partial charge is 0.336 e. The van der Waals surface area contributed by atoms with Gasteiger partial charge in [-0.05, 0) is 37.3 Å². The lowest BCUT2D eigenvalue weighted by molar-refractivity contribution is -0.141. The molecule has 0 spiro atoms. The molecule has 1 atom stereocenters. The number of carbonyl (C=O) groups is 2. The third-order valence-corrected chi connectivity index (χ3v) is 5.49. The lowest BCUT2D eigenvalue weighted by atomic mass is 9.84. The van der Waals surface area contributed by atoms with Crippen molar-refractivity contribution in [2.75, 3.05) is 6.61 Å². The van der Waals surface area contributed by atoms with Gasteiger partial charge in [-0.1, -0.05) is 49.1 Å². The van der Waals surface area contributed by atoms with E-state index in [-0.39, 0.29) is 24.2 Å². The minimum atomic E-state index is -0.360. The highest BCUT2D eigenvalue weighted by molar-refractivity contribution is 6.31. The van der Waals surface area contributed by atoms with Crippen molar-refractivity contribution in [2.24, 2.45) is 5.92 Å². The van der Waals surface area contributed by atoms with Crippen molar-refractivity contribution in [1.82, 2.24) is 5.32 Å². The van der Waals surface area contributed by atoms with Crippen LogP contribution in [0, 0.1) is 5.92 Å². The Bertz CT molecular complexity index is 692. The predicted molar refractivity (Wildman–Crippen MR) is 97.2 cm³/mol. The van der Waals surface area contributed by atoms with Crippen LogP contribution in [0.25, 0.3) is 0 Å². The summed E-state index contributed by atoms with van der Waals surface area (Å²) in [6, 6.07) is 7.36. The molecular weight excluding hydrogens is 338 g/mol. The van der Waals surface area contributed by atoms with Crippen LogP contribution in [0.2, 0.25) is 5.02 Å². The summed E-state index contributed by atoms with van der Waals surface area (Å²) in [7, 11) is 0. The van der Waals surface area contributed by atoms with Crippen LogP contribution in [-0.2, 0) is 14.3 Å². The zero-order chi connectivity index (χ0) is 17.8. The van der Waals surface area contributed by atoms with Crippen molar-refractivity contribution in [3.8, 4) is 0 Å². The minimum Gasteiger partial charge on any atom is -0.462 e. The minimum absolute atomic E-state index is 0.105. The first-order valence-electron chi connectivity index (χ1n) is 8.98. The highest BCUT2D eigenvalue weighted by Gasteiger charge is 2.34. The molecule has 0 radical (unpaired) electrons. The van der Waals surface area contributed by atoms with Crippen molar-refractivity contribution in [2.45, 2.75) is 51.4 Å². The largest absolute Gasteiger partial charge is 0.462 e. The molecule has 0 saturated heterocycles. The van der Waals surface area contributed by atoms with Crippen LogP contribution in [0.1, 0.15) is 56.9 Å². The van der Waals surface area contributed by atoms with E-state index in [0.717, 1.165) is 18.4 Å². The summed E-state index contributed by atoms with van der Waals surface area (Å²) in [5.74, 6) is -0.351. The van der Waals surface area contributed by atoms with Crippen molar-refractivity contribution < 1.29 is 14.3 Å². The molecule has 1 fully saturated rings. The number of esters is 1. The zero-order valence-corrected chi connectivity index (χ0v) is 15.3. The highest BCUT2D eigenvalue weighted by atomic mass is 35.5. The maximum atomic E-state index is 12.8. The fraction of sp³-hybridized carbons (Fsp3) is 0.500. The molecule has 1 N–H and O–H groups in total. The molecular formula is C20H24ClNO3. The summed E-state index contributed by atoms with van der Waals surface area (Å²) in [6.07, 6.45) is 6.14. The van der Waals surface area contributed by atoms with Crippen LogP contribution in [-0.4, -0.2) is 18.5 Å². The lowest BCUT2D eigenvalue weighted by Crippen LogP contribution is -2.34. The Morgan fingerprint density at radius 1 is 1.24 bits per heavy atom. The van der Waals surface area contributed by atoms with E-state index in [4.69, 9.17) is 16.3 Å². The molecule has 1 aliphatic carbocycles. The van der Waals surface area contributed by atoms with Crippen LogP contribution in [0.4, 0.5) is 0 Å². The summed E-state index contributed by atoms with van der Waals surface area (Å²) in [5.41, 5.74) is 1.88. The first kappa shape index (κ1) is 18.0. The molecule has 4 nitrogen and oxygen atoms in total. The van der Waals surface area contributed by atoms with E-state index in [9.17, 15) is 9.59 Å². The molecule has 5 heteroatoms. The maximum absolute atomic E-state index is 12.8. The van der Waals surface area contributed by atoms with Crippen molar-refractivity contribution in [3.63, 3.8) is 0 Å². The SMILES string of the molecule is CC1=C(C(=O)OCC2CCCCC2)[C@@H](c2ccccc2Cl)CC(=O)N1. The second-order valence-electron chi connectivity index (χ2n) is 6.97. The normalized spacial score (nSPS) is 21.8.